The molecule has 0 radical (unpaired) electrons. The lowest BCUT2D eigenvalue weighted by Crippen LogP contribution is -2.40. The molecule has 2 aliphatic heterocycles. The number of amides is 4. The van der Waals surface area contributed by atoms with Gasteiger partial charge in [0.2, 0.25) is 0 Å². The number of benzene rings is 8. The van der Waals surface area contributed by atoms with Crippen LogP contribution < -0.4 is 9.80 Å². The van der Waals surface area contributed by atoms with E-state index in [-0.39, 0.29) is 23.6 Å². The van der Waals surface area contributed by atoms with Crippen molar-refractivity contribution in [3.05, 3.63) is 192 Å². The Bertz CT molecular complexity index is 2640. The number of rotatable bonds is 5. The molecule has 2 heterocycles. The Morgan fingerprint density at radius 2 is 0.593 bits per heavy atom. The molecule has 6 heteroatoms. The van der Waals surface area contributed by atoms with Crippen molar-refractivity contribution in [1.82, 2.24) is 0 Å². The van der Waals surface area contributed by atoms with Gasteiger partial charge in [-0.25, -0.2) is 9.80 Å². The fourth-order valence-corrected chi connectivity index (χ4v) is 8.01. The molecule has 0 N–H and O–H groups in total. The van der Waals surface area contributed by atoms with Gasteiger partial charge in [-0.15, -0.1) is 0 Å². The molecule has 6 nitrogen and oxygen atoms in total. The molecule has 0 unspecified atom stereocenters. The highest BCUT2D eigenvalue weighted by molar-refractivity contribution is 6.37. The quantitative estimate of drug-likeness (QED) is 0.168. The van der Waals surface area contributed by atoms with Crippen molar-refractivity contribution in [2.45, 2.75) is 0 Å². The molecule has 8 aromatic carbocycles. The number of carbonyl (C=O) groups is 4. The molecule has 2 aliphatic rings. The molecule has 0 saturated heterocycles. The fraction of sp³-hybridized carbons (Fsp3) is 0. The first-order chi connectivity index (χ1) is 26.5. The summed E-state index contributed by atoms with van der Waals surface area (Å²) in [6.45, 7) is 0. The van der Waals surface area contributed by atoms with Crippen molar-refractivity contribution in [2.75, 3.05) is 9.80 Å². The Balaban J connectivity index is 0.933. The van der Waals surface area contributed by atoms with Crippen LogP contribution in [0.25, 0.3) is 54.9 Å². The summed E-state index contributed by atoms with van der Waals surface area (Å²) in [4.78, 5) is 58.2. The van der Waals surface area contributed by atoms with E-state index in [9.17, 15) is 19.2 Å². The molecule has 254 valence electrons. The molecule has 8 aromatic rings. The average molecular weight is 697 g/mol. The van der Waals surface area contributed by atoms with Gasteiger partial charge in [0.1, 0.15) is 0 Å². The minimum atomic E-state index is -0.371. The van der Waals surface area contributed by atoms with Crippen LogP contribution in [0, 0.1) is 0 Å². The Kier molecular flexibility index (Phi) is 7.00. The van der Waals surface area contributed by atoms with Crippen LogP contribution in [0.3, 0.4) is 0 Å². The summed E-state index contributed by atoms with van der Waals surface area (Å²) in [6, 6.07) is 53.1. The molecule has 0 aromatic heterocycles. The Labute approximate surface area is 310 Å². The largest absolute Gasteiger partial charge is 0.268 e. The summed E-state index contributed by atoms with van der Waals surface area (Å²) in [5, 5.41) is 3.07. The van der Waals surface area contributed by atoms with E-state index in [0.717, 1.165) is 44.2 Å². The van der Waals surface area contributed by atoms with Crippen molar-refractivity contribution in [1.29, 1.82) is 0 Å². The summed E-state index contributed by atoms with van der Waals surface area (Å²) in [5.41, 5.74) is 8.52. The third-order valence-electron chi connectivity index (χ3n) is 10.6. The molecule has 54 heavy (non-hydrogen) atoms. The fourth-order valence-electron chi connectivity index (χ4n) is 8.01. The van der Waals surface area contributed by atoms with Crippen LogP contribution in [0.15, 0.2) is 170 Å². The Morgan fingerprint density at radius 3 is 0.963 bits per heavy atom. The Morgan fingerprint density at radius 1 is 0.259 bits per heavy atom. The normalized spacial score (nSPS) is 13.6. The topological polar surface area (TPSA) is 74.8 Å². The average Bonchev–Trinajstić information content (AvgIpc) is 3.23. The van der Waals surface area contributed by atoms with Crippen molar-refractivity contribution >= 4 is 56.5 Å². The maximum Gasteiger partial charge on any atom is 0.265 e. The summed E-state index contributed by atoms with van der Waals surface area (Å²) in [5.74, 6) is -1.48. The molecular weight excluding hydrogens is 669 g/mol. The van der Waals surface area contributed by atoms with Crippen molar-refractivity contribution in [3.63, 3.8) is 0 Å². The number of carbonyl (C=O) groups excluding carboxylic acids is 4. The van der Waals surface area contributed by atoms with Gasteiger partial charge in [0.05, 0.1) is 11.4 Å². The molecule has 0 bridgehead atoms. The highest BCUT2D eigenvalue weighted by Crippen LogP contribution is 2.40. The highest BCUT2D eigenvalue weighted by atomic mass is 16.2. The second kappa shape index (κ2) is 12.1. The number of hydrogen-bond donors (Lipinski definition) is 0. The van der Waals surface area contributed by atoms with Crippen LogP contribution in [-0.4, -0.2) is 23.6 Å². The van der Waals surface area contributed by atoms with E-state index < -0.39 is 0 Å². The standard InChI is InChI=1S/C48H28N2O4/c51-45-39-15-7-13-37-35(31-9-3-1-4-10-31)25-27-41(43(37)39)47(53)49(45)33-21-17-29(18-22-33)30-19-23-34(24-20-30)50-46(52)40-16-8-14-38-36(32-11-5-2-6-12-32)26-28-42(44(38)40)48(50)54/h1-28H. The molecular formula is C48H28N2O4. The SMILES string of the molecule is O=C1c2cccc3c(-c4ccccc4)ccc(c23)C(=O)N1c1ccc(-c2ccc(N3C(=O)c4cccc5c(-c6ccccc6)ccc(c45)C3=O)cc2)cc1. The summed E-state index contributed by atoms with van der Waals surface area (Å²) >= 11 is 0. The maximum atomic E-state index is 13.9. The predicted molar refractivity (Wildman–Crippen MR) is 213 cm³/mol. The van der Waals surface area contributed by atoms with Gasteiger partial charge in [0.15, 0.2) is 0 Å². The van der Waals surface area contributed by atoms with Crippen molar-refractivity contribution in [3.8, 4) is 33.4 Å². The zero-order chi connectivity index (χ0) is 36.5. The van der Waals surface area contributed by atoms with Crippen LogP contribution in [0.5, 0.6) is 0 Å². The second-order valence-electron chi connectivity index (χ2n) is 13.5. The van der Waals surface area contributed by atoms with Gasteiger partial charge in [0, 0.05) is 33.0 Å². The molecule has 0 aliphatic carbocycles. The molecule has 0 saturated carbocycles. The lowest BCUT2D eigenvalue weighted by Gasteiger charge is -2.28. The zero-order valence-corrected chi connectivity index (χ0v) is 28.7. The van der Waals surface area contributed by atoms with Gasteiger partial charge in [-0.2, -0.15) is 0 Å². The van der Waals surface area contributed by atoms with Crippen LogP contribution in [-0.2, 0) is 0 Å². The minimum absolute atomic E-state index is 0.371. The van der Waals surface area contributed by atoms with Gasteiger partial charge >= 0.3 is 0 Å². The molecule has 4 amide bonds. The van der Waals surface area contributed by atoms with Gasteiger partial charge in [-0.05, 0) is 92.7 Å². The monoisotopic (exact) mass is 696 g/mol. The maximum absolute atomic E-state index is 13.9. The van der Waals surface area contributed by atoms with E-state index in [2.05, 4.69) is 0 Å². The predicted octanol–water partition coefficient (Wildman–Crippen LogP) is 10.6. The van der Waals surface area contributed by atoms with E-state index in [1.165, 1.54) is 9.80 Å². The van der Waals surface area contributed by atoms with Gasteiger partial charge in [0.25, 0.3) is 23.6 Å². The summed E-state index contributed by atoms with van der Waals surface area (Å²) < 4.78 is 0. The van der Waals surface area contributed by atoms with Crippen LogP contribution in [0.4, 0.5) is 11.4 Å². The van der Waals surface area contributed by atoms with Crippen LogP contribution in [0.2, 0.25) is 0 Å². The summed E-state index contributed by atoms with van der Waals surface area (Å²) in [7, 11) is 0. The number of anilines is 2. The first kappa shape index (κ1) is 31.3. The van der Waals surface area contributed by atoms with E-state index in [1.807, 2.05) is 133 Å². The molecule has 0 atom stereocenters. The lowest BCUT2D eigenvalue weighted by atomic mass is 9.89. The molecule has 10 rings (SSSR count). The minimum Gasteiger partial charge on any atom is -0.268 e. The summed E-state index contributed by atoms with van der Waals surface area (Å²) in [6.07, 6.45) is 0. The van der Waals surface area contributed by atoms with Crippen molar-refractivity contribution in [2.24, 2.45) is 0 Å². The lowest BCUT2D eigenvalue weighted by molar-refractivity contribution is 0.0877. The first-order valence-electron chi connectivity index (χ1n) is 17.7. The van der Waals surface area contributed by atoms with Crippen LogP contribution >= 0.6 is 0 Å². The van der Waals surface area contributed by atoms with Gasteiger partial charge < -0.3 is 0 Å². The number of imide groups is 2. The third kappa shape index (κ3) is 4.67. The number of hydrogen-bond acceptors (Lipinski definition) is 4. The number of nitrogens with zero attached hydrogens (tertiary/aromatic N) is 2. The van der Waals surface area contributed by atoms with E-state index in [0.29, 0.717) is 44.4 Å². The van der Waals surface area contributed by atoms with E-state index in [1.54, 1.807) is 36.4 Å². The van der Waals surface area contributed by atoms with E-state index >= 15 is 0 Å². The van der Waals surface area contributed by atoms with Crippen LogP contribution in [0.1, 0.15) is 41.4 Å². The van der Waals surface area contributed by atoms with Gasteiger partial charge in [-0.3, -0.25) is 19.2 Å². The van der Waals surface area contributed by atoms with E-state index in [4.69, 9.17) is 0 Å². The molecule has 0 fully saturated rings. The van der Waals surface area contributed by atoms with Crippen molar-refractivity contribution < 1.29 is 19.2 Å². The third-order valence-corrected chi connectivity index (χ3v) is 10.6. The Hall–Kier alpha value is -7.44. The smallest absolute Gasteiger partial charge is 0.265 e. The first-order valence-corrected chi connectivity index (χ1v) is 17.7. The zero-order valence-electron chi connectivity index (χ0n) is 28.7. The van der Waals surface area contributed by atoms with Gasteiger partial charge in [-0.1, -0.05) is 121 Å². The molecule has 0 spiro atoms. The highest BCUT2D eigenvalue weighted by Gasteiger charge is 2.36. The second-order valence-corrected chi connectivity index (χ2v) is 13.5.